The highest BCUT2D eigenvalue weighted by atomic mass is 16.5. The summed E-state index contributed by atoms with van der Waals surface area (Å²) in [7, 11) is 1.69. The van der Waals surface area contributed by atoms with E-state index in [4.69, 9.17) is 14.5 Å². The first-order valence-corrected chi connectivity index (χ1v) is 9.54. The summed E-state index contributed by atoms with van der Waals surface area (Å²) in [5, 5.41) is 0. The lowest BCUT2D eigenvalue weighted by molar-refractivity contribution is 0.302. The van der Waals surface area contributed by atoms with Crippen LogP contribution in [0.2, 0.25) is 0 Å². The van der Waals surface area contributed by atoms with Gasteiger partial charge in [0.05, 0.1) is 24.8 Å². The van der Waals surface area contributed by atoms with Crippen molar-refractivity contribution in [1.29, 1.82) is 0 Å². The molecule has 0 saturated heterocycles. The Balaban J connectivity index is 1.56. The van der Waals surface area contributed by atoms with Crippen molar-refractivity contribution < 1.29 is 9.47 Å². The molecule has 0 unspecified atom stereocenters. The molecule has 1 heterocycles. The second-order valence-electron chi connectivity index (χ2n) is 6.83. The number of para-hydroxylation sites is 2. The molecule has 28 heavy (non-hydrogen) atoms. The molecule has 0 spiro atoms. The van der Waals surface area contributed by atoms with Gasteiger partial charge in [0.25, 0.3) is 0 Å². The number of benzene rings is 3. The van der Waals surface area contributed by atoms with Crippen LogP contribution in [-0.4, -0.2) is 23.3 Å². The third-order valence-corrected chi connectivity index (χ3v) is 4.77. The van der Waals surface area contributed by atoms with Crippen LogP contribution in [0.5, 0.6) is 11.5 Å². The number of aromatic nitrogens is 2. The maximum Gasteiger partial charge on any atom is 0.141 e. The standard InChI is InChI=1S/C24H24N2O2/c1-18-8-5-11-21(16-18)28-15-7-14-26-23-13-4-3-12-22(23)25-24(26)19-9-6-10-20(17-19)27-2/h3-6,8-13,16-17H,7,14-15H2,1-2H3. The number of imidazole rings is 1. The minimum absolute atomic E-state index is 0.660. The van der Waals surface area contributed by atoms with Crippen molar-refractivity contribution in [3.8, 4) is 22.9 Å². The van der Waals surface area contributed by atoms with Crippen LogP contribution in [-0.2, 0) is 6.54 Å². The molecular formula is C24H24N2O2. The molecule has 4 heteroatoms. The number of nitrogens with zero attached hydrogens (tertiary/aromatic N) is 2. The molecule has 0 atom stereocenters. The summed E-state index contributed by atoms with van der Waals surface area (Å²) in [6.45, 7) is 3.57. The third-order valence-electron chi connectivity index (χ3n) is 4.77. The Labute approximate surface area is 165 Å². The lowest BCUT2D eigenvalue weighted by Gasteiger charge is -2.11. The molecule has 4 rings (SSSR count). The molecule has 0 amide bonds. The average Bonchev–Trinajstić information content (AvgIpc) is 3.10. The van der Waals surface area contributed by atoms with Crippen molar-refractivity contribution >= 4 is 11.0 Å². The van der Waals surface area contributed by atoms with Gasteiger partial charge in [-0.1, -0.05) is 36.4 Å². The van der Waals surface area contributed by atoms with E-state index in [9.17, 15) is 0 Å². The largest absolute Gasteiger partial charge is 0.497 e. The van der Waals surface area contributed by atoms with Gasteiger partial charge in [0.15, 0.2) is 0 Å². The van der Waals surface area contributed by atoms with Crippen molar-refractivity contribution in [1.82, 2.24) is 9.55 Å². The number of methoxy groups -OCH3 is 1. The smallest absolute Gasteiger partial charge is 0.141 e. The maximum absolute atomic E-state index is 5.93. The van der Waals surface area contributed by atoms with E-state index in [1.165, 1.54) is 5.56 Å². The van der Waals surface area contributed by atoms with E-state index in [2.05, 4.69) is 47.9 Å². The van der Waals surface area contributed by atoms with Gasteiger partial charge in [-0.2, -0.15) is 0 Å². The number of rotatable bonds is 7. The second-order valence-corrected chi connectivity index (χ2v) is 6.83. The zero-order valence-electron chi connectivity index (χ0n) is 16.3. The first kappa shape index (κ1) is 18.1. The SMILES string of the molecule is COc1cccc(-c2nc3ccccc3n2CCCOc2cccc(C)c2)c1. The molecule has 0 bridgehead atoms. The van der Waals surface area contributed by atoms with Gasteiger partial charge in [-0.15, -0.1) is 0 Å². The van der Waals surface area contributed by atoms with Crippen LogP contribution in [0.3, 0.4) is 0 Å². The highest BCUT2D eigenvalue weighted by Gasteiger charge is 2.13. The molecule has 0 aliphatic heterocycles. The van der Waals surface area contributed by atoms with Gasteiger partial charge in [0, 0.05) is 12.1 Å². The lowest BCUT2D eigenvalue weighted by Crippen LogP contribution is -2.06. The van der Waals surface area contributed by atoms with E-state index in [0.717, 1.165) is 46.9 Å². The third kappa shape index (κ3) is 3.86. The molecule has 0 fully saturated rings. The molecule has 0 saturated carbocycles. The molecule has 4 nitrogen and oxygen atoms in total. The fourth-order valence-corrected chi connectivity index (χ4v) is 3.40. The van der Waals surface area contributed by atoms with Crippen LogP contribution in [0.1, 0.15) is 12.0 Å². The average molecular weight is 372 g/mol. The molecular weight excluding hydrogens is 348 g/mol. The fourth-order valence-electron chi connectivity index (χ4n) is 3.40. The van der Waals surface area contributed by atoms with Crippen LogP contribution < -0.4 is 9.47 Å². The molecule has 0 N–H and O–H groups in total. The highest BCUT2D eigenvalue weighted by Crippen LogP contribution is 2.27. The van der Waals surface area contributed by atoms with E-state index in [1.54, 1.807) is 7.11 Å². The van der Waals surface area contributed by atoms with Gasteiger partial charge < -0.3 is 14.0 Å². The van der Waals surface area contributed by atoms with E-state index in [-0.39, 0.29) is 0 Å². The van der Waals surface area contributed by atoms with Gasteiger partial charge in [-0.05, 0) is 55.3 Å². The Morgan fingerprint density at radius 1 is 0.893 bits per heavy atom. The molecule has 0 aliphatic carbocycles. The normalized spacial score (nSPS) is 10.9. The predicted molar refractivity (Wildman–Crippen MR) is 113 cm³/mol. The van der Waals surface area contributed by atoms with Crippen molar-refractivity contribution in [3.05, 3.63) is 78.4 Å². The van der Waals surface area contributed by atoms with E-state index < -0.39 is 0 Å². The fraction of sp³-hybridized carbons (Fsp3) is 0.208. The summed E-state index contributed by atoms with van der Waals surface area (Å²) in [6, 6.07) is 24.5. The van der Waals surface area contributed by atoms with Crippen LogP contribution >= 0.6 is 0 Å². The molecule has 0 aliphatic rings. The summed E-state index contributed by atoms with van der Waals surface area (Å²) in [5.41, 5.74) is 4.39. The Morgan fingerprint density at radius 3 is 2.57 bits per heavy atom. The number of aryl methyl sites for hydroxylation is 2. The minimum atomic E-state index is 0.660. The molecule has 0 radical (unpaired) electrons. The van der Waals surface area contributed by atoms with Crippen LogP contribution in [0.25, 0.3) is 22.4 Å². The highest BCUT2D eigenvalue weighted by molar-refractivity contribution is 5.80. The summed E-state index contributed by atoms with van der Waals surface area (Å²) >= 11 is 0. The van der Waals surface area contributed by atoms with Gasteiger partial charge in [0.1, 0.15) is 17.3 Å². The van der Waals surface area contributed by atoms with Crippen molar-refractivity contribution in [2.24, 2.45) is 0 Å². The maximum atomic E-state index is 5.93. The Morgan fingerprint density at radius 2 is 1.71 bits per heavy atom. The Hall–Kier alpha value is -3.27. The summed E-state index contributed by atoms with van der Waals surface area (Å²) in [4.78, 5) is 4.87. The monoisotopic (exact) mass is 372 g/mol. The number of ether oxygens (including phenoxy) is 2. The van der Waals surface area contributed by atoms with Crippen molar-refractivity contribution in [2.75, 3.05) is 13.7 Å². The molecule has 3 aromatic carbocycles. The quantitative estimate of drug-likeness (QED) is 0.403. The Kier molecular flexibility index (Phi) is 5.29. The Bertz CT molecular complexity index is 1080. The zero-order valence-corrected chi connectivity index (χ0v) is 16.3. The van der Waals surface area contributed by atoms with Gasteiger partial charge >= 0.3 is 0 Å². The van der Waals surface area contributed by atoms with E-state index in [0.29, 0.717) is 6.61 Å². The van der Waals surface area contributed by atoms with Crippen LogP contribution in [0.15, 0.2) is 72.8 Å². The van der Waals surface area contributed by atoms with Crippen LogP contribution in [0, 0.1) is 6.92 Å². The number of hydrogen-bond acceptors (Lipinski definition) is 3. The van der Waals surface area contributed by atoms with Crippen molar-refractivity contribution in [3.63, 3.8) is 0 Å². The minimum Gasteiger partial charge on any atom is -0.497 e. The summed E-state index contributed by atoms with van der Waals surface area (Å²) in [6.07, 6.45) is 0.894. The van der Waals surface area contributed by atoms with Crippen LogP contribution in [0.4, 0.5) is 0 Å². The number of hydrogen-bond donors (Lipinski definition) is 0. The summed E-state index contributed by atoms with van der Waals surface area (Å²) in [5.74, 6) is 2.71. The molecule has 1 aromatic heterocycles. The summed E-state index contributed by atoms with van der Waals surface area (Å²) < 4.78 is 13.6. The van der Waals surface area contributed by atoms with Gasteiger partial charge in [0.2, 0.25) is 0 Å². The predicted octanol–water partition coefficient (Wildman–Crippen LogP) is 5.49. The second kappa shape index (κ2) is 8.17. The van der Waals surface area contributed by atoms with E-state index >= 15 is 0 Å². The topological polar surface area (TPSA) is 36.3 Å². The first-order chi connectivity index (χ1) is 13.7. The molecule has 4 aromatic rings. The van der Waals surface area contributed by atoms with Gasteiger partial charge in [-0.3, -0.25) is 0 Å². The van der Waals surface area contributed by atoms with Gasteiger partial charge in [-0.25, -0.2) is 4.98 Å². The first-order valence-electron chi connectivity index (χ1n) is 9.54. The number of fused-ring (bicyclic) bond motifs is 1. The lowest BCUT2D eigenvalue weighted by atomic mass is 10.2. The molecule has 142 valence electrons. The zero-order chi connectivity index (χ0) is 19.3. The van der Waals surface area contributed by atoms with E-state index in [1.807, 2.05) is 36.4 Å². The van der Waals surface area contributed by atoms with Crippen molar-refractivity contribution in [2.45, 2.75) is 19.9 Å².